The van der Waals surface area contributed by atoms with Gasteiger partial charge in [-0.1, -0.05) is 23.2 Å². The van der Waals surface area contributed by atoms with Gasteiger partial charge in [0.15, 0.2) is 0 Å². The van der Waals surface area contributed by atoms with Crippen LogP contribution in [-0.2, 0) is 6.54 Å². The van der Waals surface area contributed by atoms with Crippen LogP contribution >= 0.6 is 23.2 Å². The van der Waals surface area contributed by atoms with Crippen LogP contribution in [0.4, 0.5) is 5.69 Å². The summed E-state index contributed by atoms with van der Waals surface area (Å²) >= 11 is 12.1. The van der Waals surface area contributed by atoms with Crippen LogP contribution in [0.2, 0.25) is 10.0 Å². The molecule has 1 aromatic carbocycles. The van der Waals surface area contributed by atoms with Crippen molar-refractivity contribution in [3.8, 4) is 0 Å². The number of nitrogens with two attached hydrogens (primary N) is 1. The number of halogens is 2. The molecule has 0 radical (unpaired) electrons. The predicted molar refractivity (Wildman–Crippen MR) is 71.7 cm³/mol. The molecule has 0 bridgehead atoms. The van der Waals surface area contributed by atoms with Crippen LogP contribution in [0.15, 0.2) is 18.2 Å². The van der Waals surface area contributed by atoms with Gasteiger partial charge < -0.3 is 5.73 Å². The van der Waals surface area contributed by atoms with E-state index >= 15 is 0 Å². The normalized spacial score (nSPS) is 10.8. The maximum Gasteiger partial charge on any atom is 0.0826 e. The molecule has 17 heavy (non-hydrogen) atoms. The lowest BCUT2D eigenvalue weighted by Gasteiger charge is -2.07. The summed E-state index contributed by atoms with van der Waals surface area (Å²) in [5.74, 6) is 0. The van der Waals surface area contributed by atoms with E-state index in [0.29, 0.717) is 16.6 Å². The van der Waals surface area contributed by atoms with Crippen molar-refractivity contribution in [2.24, 2.45) is 0 Å². The van der Waals surface area contributed by atoms with Gasteiger partial charge >= 0.3 is 0 Å². The van der Waals surface area contributed by atoms with Gasteiger partial charge in [-0.15, -0.1) is 0 Å². The minimum atomic E-state index is 0.573. The first-order chi connectivity index (χ1) is 7.99. The highest BCUT2D eigenvalue weighted by Crippen LogP contribution is 2.23. The fourth-order valence-corrected chi connectivity index (χ4v) is 2.06. The van der Waals surface area contributed by atoms with Gasteiger partial charge in [-0.3, -0.25) is 4.68 Å². The van der Waals surface area contributed by atoms with Crippen molar-refractivity contribution in [1.82, 2.24) is 9.78 Å². The highest BCUT2D eigenvalue weighted by atomic mass is 35.5. The van der Waals surface area contributed by atoms with Gasteiger partial charge in [0.25, 0.3) is 0 Å². The van der Waals surface area contributed by atoms with E-state index in [1.54, 1.807) is 12.1 Å². The van der Waals surface area contributed by atoms with E-state index in [2.05, 4.69) is 5.10 Å². The maximum absolute atomic E-state index is 6.11. The van der Waals surface area contributed by atoms with Crippen molar-refractivity contribution in [3.63, 3.8) is 0 Å². The van der Waals surface area contributed by atoms with E-state index in [0.717, 1.165) is 22.6 Å². The highest BCUT2D eigenvalue weighted by molar-refractivity contribution is 6.33. The van der Waals surface area contributed by atoms with Crippen LogP contribution in [0, 0.1) is 13.8 Å². The molecule has 0 aliphatic carbocycles. The Morgan fingerprint density at radius 2 is 2.00 bits per heavy atom. The van der Waals surface area contributed by atoms with Crippen molar-refractivity contribution < 1.29 is 0 Å². The number of aromatic nitrogens is 2. The third kappa shape index (κ3) is 2.40. The molecule has 0 saturated carbocycles. The Balaban J connectivity index is 2.37. The second-order valence-electron chi connectivity index (χ2n) is 3.98. The molecule has 90 valence electrons. The quantitative estimate of drug-likeness (QED) is 0.908. The number of anilines is 1. The molecule has 0 spiro atoms. The topological polar surface area (TPSA) is 43.8 Å². The molecule has 0 fully saturated rings. The van der Waals surface area contributed by atoms with Crippen molar-refractivity contribution in [1.29, 1.82) is 0 Å². The lowest BCUT2D eigenvalue weighted by molar-refractivity contribution is 0.659. The van der Waals surface area contributed by atoms with Gasteiger partial charge in [-0.05, 0) is 37.6 Å². The van der Waals surface area contributed by atoms with Crippen LogP contribution in [0.1, 0.15) is 17.0 Å². The molecular weight excluding hydrogens is 257 g/mol. The molecule has 2 aromatic rings. The van der Waals surface area contributed by atoms with E-state index in [4.69, 9.17) is 28.9 Å². The molecule has 2 N–H and O–H groups in total. The first kappa shape index (κ1) is 12.3. The molecule has 5 heteroatoms. The lowest BCUT2D eigenvalue weighted by atomic mass is 10.2. The first-order valence-electron chi connectivity index (χ1n) is 5.22. The summed E-state index contributed by atoms with van der Waals surface area (Å²) in [5.41, 5.74) is 9.32. The highest BCUT2D eigenvalue weighted by Gasteiger charge is 2.10. The summed E-state index contributed by atoms with van der Waals surface area (Å²) in [5, 5.41) is 5.71. The lowest BCUT2D eigenvalue weighted by Crippen LogP contribution is -2.05. The monoisotopic (exact) mass is 269 g/mol. The Morgan fingerprint density at radius 1 is 1.29 bits per heavy atom. The average Bonchev–Trinajstić information content (AvgIpc) is 2.52. The van der Waals surface area contributed by atoms with Crippen LogP contribution in [-0.4, -0.2) is 9.78 Å². The summed E-state index contributed by atoms with van der Waals surface area (Å²) in [4.78, 5) is 0. The zero-order chi connectivity index (χ0) is 12.6. The summed E-state index contributed by atoms with van der Waals surface area (Å²) in [6.07, 6.45) is 0. The Morgan fingerprint density at radius 3 is 2.59 bits per heavy atom. The largest absolute Gasteiger partial charge is 0.396 e. The van der Waals surface area contributed by atoms with E-state index in [9.17, 15) is 0 Å². The van der Waals surface area contributed by atoms with Crippen LogP contribution < -0.4 is 5.73 Å². The van der Waals surface area contributed by atoms with E-state index in [-0.39, 0.29) is 0 Å². The summed E-state index contributed by atoms with van der Waals surface area (Å²) in [7, 11) is 0. The fourth-order valence-electron chi connectivity index (χ4n) is 1.69. The summed E-state index contributed by atoms with van der Waals surface area (Å²) in [6.45, 7) is 4.40. The Kier molecular flexibility index (Phi) is 3.31. The number of benzene rings is 1. The van der Waals surface area contributed by atoms with Crippen molar-refractivity contribution >= 4 is 28.9 Å². The first-order valence-corrected chi connectivity index (χ1v) is 5.98. The number of aryl methyl sites for hydroxylation is 1. The second kappa shape index (κ2) is 4.59. The minimum absolute atomic E-state index is 0.573. The van der Waals surface area contributed by atoms with E-state index in [1.165, 1.54) is 0 Å². The Bertz CT molecular complexity index is 561. The van der Waals surface area contributed by atoms with Gasteiger partial charge in [0, 0.05) is 10.0 Å². The third-order valence-corrected chi connectivity index (χ3v) is 3.37. The van der Waals surface area contributed by atoms with E-state index in [1.807, 2.05) is 24.6 Å². The van der Waals surface area contributed by atoms with Gasteiger partial charge in [0.2, 0.25) is 0 Å². The molecule has 0 atom stereocenters. The minimum Gasteiger partial charge on any atom is -0.396 e. The number of rotatable bonds is 2. The molecular formula is C12H13Cl2N3. The predicted octanol–water partition coefficient (Wildman–Crippen LogP) is 3.44. The molecule has 1 aromatic heterocycles. The second-order valence-corrected chi connectivity index (χ2v) is 4.82. The molecule has 0 unspecified atom stereocenters. The van der Waals surface area contributed by atoms with Crippen molar-refractivity contribution in [2.75, 3.05) is 5.73 Å². The zero-order valence-corrected chi connectivity index (χ0v) is 11.2. The standard InChI is InChI=1S/C12H13Cl2N3/c1-7-12(15)8(2)17(16-7)6-9-5-10(13)3-4-11(9)14/h3-5H,6,15H2,1-2H3. The molecule has 0 saturated heterocycles. The smallest absolute Gasteiger partial charge is 0.0826 e. The average molecular weight is 270 g/mol. The fraction of sp³-hybridized carbons (Fsp3) is 0.250. The SMILES string of the molecule is Cc1nn(Cc2cc(Cl)ccc2Cl)c(C)c1N. The van der Waals surface area contributed by atoms with Gasteiger partial charge in [-0.25, -0.2) is 0 Å². The number of nitrogen functional groups attached to an aromatic ring is 1. The number of hydrogen-bond donors (Lipinski definition) is 1. The summed E-state index contributed by atoms with van der Waals surface area (Å²) < 4.78 is 1.84. The van der Waals surface area contributed by atoms with Crippen LogP contribution in [0.25, 0.3) is 0 Å². The molecule has 2 rings (SSSR count). The molecule has 0 aliphatic rings. The zero-order valence-electron chi connectivity index (χ0n) is 9.67. The number of hydrogen-bond acceptors (Lipinski definition) is 2. The van der Waals surface area contributed by atoms with Crippen LogP contribution in [0.3, 0.4) is 0 Å². The maximum atomic E-state index is 6.11. The molecule has 3 nitrogen and oxygen atoms in total. The van der Waals surface area contributed by atoms with Gasteiger partial charge in [0.05, 0.1) is 23.6 Å². The number of nitrogens with zero attached hydrogens (tertiary/aromatic N) is 2. The molecule has 0 amide bonds. The van der Waals surface area contributed by atoms with Crippen LogP contribution in [0.5, 0.6) is 0 Å². The van der Waals surface area contributed by atoms with Gasteiger partial charge in [-0.2, -0.15) is 5.10 Å². The Hall–Kier alpha value is -1.19. The molecule has 1 heterocycles. The Labute approximate surface area is 110 Å². The van der Waals surface area contributed by atoms with Crippen molar-refractivity contribution in [3.05, 3.63) is 45.2 Å². The van der Waals surface area contributed by atoms with Gasteiger partial charge in [0.1, 0.15) is 0 Å². The third-order valence-electron chi connectivity index (χ3n) is 2.77. The van der Waals surface area contributed by atoms with Crippen molar-refractivity contribution in [2.45, 2.75) is 20.4 Å². The van der Waals surface area contributed by atoms with E-state index < -0.39 is 0 Å². The summed E-state index contributed by atoms with van der Waals surface area (Å²) in [6, 6.07) is 5.40. The molecule has 0 aliphatic heterocycles.